The highest BCUT2D eigenvalue weighted by Gasteiger charge is 2.23. The number of carboxylic acid groups (broad SMARTS) is 1. The predicted molar refractivity (Wildman–Crippen MR) is 66.1 cm³/mol. The van der Waals surface area contributed by atoms with Gasteiger partial charge in [0.25, 0.3) is 0 Å². The Balaban J connectivity index is 2.43. The summed E-state index contributed by atoms with van der Waals surface area (Å²) >= 11 is 0. The summed E-state index contributed by atoms with van der Waals surface area (Å²) in [5.74, 6) is -1.95. The molecule has 2 rings (SSSR count). The Morgan fingerprint density at radius 1 is 1.26 bits per heavy atom. The van der Waals surface area contributed by atoms with Gasteiger partial charge in [0.2, 0.25) is 5.88 Å². The van der Waals surface area contributed by atoms with Gasteiger partial charge >= 0.3 is 5.97 Å². The predicted octanol–water partition coefficient (Wildman–Crippen LogP) is 1.21. The number of nitrogens with zero attached hydrogens (tertiary/aromatic N) is 2. The molecule has 0 aliphatic carbocycles. The second-order valence-electron chi connectivity index (χ2n) is 4.03. The molecule has 0 atom stereocenters. The van der Waals surface area contributed by atoms with Crippen LogP contribution in [0.25, 0.3) is 0 Å². The summed E-state index contributed by atoms with van der Waals surface area (Å²) < 4.78 is 0.897. The molecule has 0 amide bonds. The molecule has 2 aromatic rings. The Kier molecular flexibility index (Phi) is 3.33. The van der Waals surface area contributed by atoms with Crippen LogP contribution in [-0.2, 0) is 11.3 Å². The highest BCUT2D eigenvalue weighted by Crippen LogP contribution is 2.23. The van der Waals surface area contributed by atoms with Crippen molar-refractivity contribution in [3.63, 3.8) is 0 Å². The van der Waals surface area contributed by atoms with E-state index in [1.165, 1.54) is 0 Å². The van der Waals surface area contributed by atoms with Crippen molar-refractivity contribution in [3.05, 3.63) is 47.2 Å². The molecule has 0 fully saturated rings. The molecule has 0 bridgehead atoms. The summed E-state index contributed by atoms with van der Waals surface area (Å²) in [5, 5.41) is 22.5. The van der Waals surface area contributed by atoms with E-state index in [9.17, 15) is 14.7 Å². The molecule has 6 nitrogen and oxygen atoms in total. The SMILES string of the molecule is Cc1nn(CC(=O)O)c(O)c1C(=O)c1ccccc1. The Morgan fingerprint density at radius 2 is 1.89 bits per heavy atom. The van der Waals surface area contributed by atoms with Crippen molar-refractivity contribution in [2.24, 2.45) is 0 Å². The first-order valence-electron chi connectivity index (χ1n) is 5.58. The number of carbonyl (C=O) groups excluding carboxylic acids is 1. The lowest BCUT2D eigenvalue weighted by atomic mass is 10.0. The molecule has 1 aromatic carbocycles. The summed E-state index contributed by atoms with van der Waals surface area (Å²) in [6.07, 6.45) is 0. The number of rotatable bonds is 4. The third-order valence-corrected chi connectivity index (χ3v) is 2.65. The van der Waals surface area contributed by atoms with E-state index in [4.69, 9.17) is 5.11 Å². The van der Waals surface area contributed by atoms with E-state index in [-0.39, 0.29) is 11.3 Å². The average molecular weight is 260 g/mol. The first kappa shape index (κ1) is 12.8. The van der Waals surface area contributed by atoms with Crippen molar-refractivity contribution in [2.45, 2.75) is 13.5 Å². The number of aliphatic carboxylic acids is 1. The van der Waals surface area contributed by atoms with Crippen LogP contribution in [0, 0.1) is 6.92 Å². The third-order valence-electron chi connectivity index (χ3n) is 2.65. The molecule has 19 heavy (non-hydrogen) atoms. The van der Waals surface area contributed by atoms with Crippen molar-refractivity contribution in [2.75, 3.05) is 0 Å². The largest absolute Gasteiger partial charge is 0.493 e. The van der Waals surface area contributed by atoms with Gasteiger partial charge in [0.15, 0.2) is 5.78 Å². The van der Waals surface area contributed by atoms with Crippen LogP contribution < -0.4 is 0 Å². The van der Waals surface area contributed by atoms with E-state index >= 15 is 0 Å². The first-order chi connectivity index (χ1) is 9.00. The molecule has 0 unspecified atom stereocenters. The van der Waals surface area contributed by atoms with Crippen LogP contribution in [0.1, 0.15) is 21.6 Å². The van der Waals surface area contributed by atoms with Gasteiger partial charge in [-0.1, -0.05) is 30.3 Å². The molecule has 1 aromatic heterocycles. The first-order valence-corrected chi connectivity index (χ1v) is 5.58. The number of benzene rings is 1. The molecule has 0 aliphatic rings. The van der Waals surface area contributed by atoms with E-state index in [2.05, 4.69) is 5.10 Å². The van der Waals surface area contributed by atoms with E-state index in [0.29, 0.717) is 11.3 Å². The van der Waals surface area contributed by atoms with Gasteiger partial charge in [-0.3, -0.25) is 9.59 Å². The quantitative estimate of drug-likeness (QED) is 0.806. The zero-order chi connectivity index (χ0) is 14.0. The van der Waals surface area contributed by atoms with Gasteiger partial charge < -0.3 is 10.2 Å². The number of carbonyl (C=O) groups is 2. The number of aromatic hydroxyl groups is 1. The Labute approximate surface area is 108 Å². The standard InChI is InChI=1S/C13H12N2O4/c1-8-11(12(18)9-5-3-2-4-6-9)13(19)15(14-8)7-10(16)17/h2-6,19H,7H2,1H3,(H,16,17). The Morgan fingerprint density at radius 3 is 2.47 bits per heavy atom. The molecular formula is C13H12N2O4. The summed E-state index contributed by atoms with van der Waals surface area (Å²) in [7, 11) is 0. The molecule has 0 spiro atoms. The molecule has 1 heterocycles. The highest BCUT2D eigenvalue weighted by molar-refractivity contribution is 6.11. The summed E-state index contributed by atoms with van der Waals surface area (Å²) in [4.78, 5) is 22.9. The lowest BCUT2D eigenvalue weighted by Crippen LogP contribution is -2.10. The minimum absolute atomic E-state index is 0.0347. The minimum Gasteiger partial charge on any atom is -0.493 e. The molecule has 6 heteroatoms. The second kappa shape index (κ2) is 4.93. The van der Waals surface area contributed by atoms with Crippen LogP contribution in [0.4, 0.5) is 0 Å². The molecule has 0 saturated carbocycles. The van der Waals surface area contributed by atoms with Crippen LogP contribution in [0.5, 0.6) is 5.88 Å². The maximum atomic E-state index is 12.2. The molecule has 0 aliphatic heterocycles. The van der Waals surface area contributed by atoms with Crippen molar-refractivity contribution >= 4 is 11.8 Å². The van der Waals surface area contributed by atoms with Gasteiger partial charge in [-0.05, 0) is 6.92 Å². The number of hydrogen-bond acceptors (Lipinski definition) is 4. The number of ketones is 1. The van der Waals surface area contributed by atoms with Crippen molar-refractivity contribution in [3.8, 4) is 5.88 Å². The number of aryl methyl sites for hydroxylation is 1. The second-order valence-corrected chi connectivity index (χ2v) is 4.03. The molecule has 98 valence electrons. The zero-order valence-corrected chi connectivity index (χ0v) is 10.2. The zero-order valence-electron chi connectivity index (χ0n) is 10.2. The molecule has 2 N–H and O–H groups in total. The fourth-order valence-electron chi connectivity index (χ4n) is 1.81. The van der Waals surface area contributed by atoms with Crippen molar-refractivity contribution in [1.29, 1.82) is 0 Å². The van der Waals surface area contributed by atoms with E-state index < -0.39 is 18.4 Å². The lowest BCUT2D eigenvalue weighted by molar-refractivity contribution is -0.138. The van der Waals surface area contributed by atoms with Gasteiger partial charge in [0.05, 0.1) is 5.69 Å². The summed E-state index contributed by atoms with van der Waals surface area (Å²) in [6.45, 7) is 1.06. The van der Waals surface area contributed by atoms with Crippen molar-refractivity contribution in [1.82, 2.24) is 9.78 Å². The number of hydrogen-bond donors (Lipinski definition) is 2. The van der Waals surface area contributed by atoms with Crippen LogP contribution in [-0.4, -0.2) is 31.7 Å². The number of carboxylic acids is 1. The van der Waals surface area contributed by atoms with Gasteiger partial charge in [0, 0.05) is 5.56 Å². The fraction of sp³-hybridized carbons (Fsp3) is 0.154. The van der Waals surface area contributed by atoms with E-state index in [0.717, 1.165) is 4.68 Å². The third kappa shape index (κ3) is 2.47. The maximum absolute atomic E-state index is 12.2. The normalized spacial score (nSPS) is 10.4. The maximum Gasteiger partial charge on any atom is 0.325 e. The highest BCUT2D eigenvalue weighted by atomic mass is 16.4. The molecule has 0 radical (unpaired) electrons. The van der Waals surface area contributed by atoms with Crippen LogP contribution in [0.2, 0.25) is 0 Å². The Bertz CT molecular complexity index is 632. The van der Waals surface area contributed by atoms with E-state index in [1.807, 2.05) is 0 Å². The van der Waals surface area contributed by atoms with Gasteiger partial charge in [-0.25, -0.2) is 4.68 Å². The van der Waals surface area contributed by atoms with Crippen molar-refractivity contribution < 1.29 is 19.8 Å². The monoisotopic (exact) mass is 260 g/mol. The van der Waals surface area contributed by atoms with Crippen LogP contribution >= 0.6 is 0 Å². The smallest absolute Gasteiger partial charge is 0.325 e. The van der Waals surface area contributed by atoms with Gasteiger partial charge in [-0.2, -0.15) is 5.10 Å². The molecule has 0 saturated heterocycles. The average Bonchev–Trinajstić information content (AvgIpc) is 2.64. The Hall–Kier alpha value is -2.63. The molecular weight excluding hydrogens is 248 g/mol. The topological polar surface area (TPSA) is 92.4 Å². The lowest BCUT2D eigenvalue weighted by Gasteiger charge is -2.01. The van der Waals surface area contributed by atoms with E-state index in [1.54, 1.807) is 37.3 Å². The fourth-order valence-corrected chi connectivity index (χ4v) is 1.81. The summed E-state index contributed by atoms with van der Waals surface area (Å²) in [5.41, 5.74) is 0.746. The van der Waals surface area contributed by atoms with Crippen LogP contribution in [0.3, 0.4) is 0 Å². The van der Waals surface area contributed by atoms with Gasteiger partial charge in [-0.15, -0.1) is 0 Å². The summed E-state index contributed by atoms with van der Waals surface area (Å²) in [6, 6.07) is 8.44. The number of aromatic nitrogens is 2. The van der Waals surface area contributed by atoms with Crippen LogP contribution in [0.15, 0.2) is 30.3 Å². The van der Waals surface area contributed by atoms with Gasteiger partial charge in [0.1, 0.15) is 12.1 Å². The minimum atomic E-state index is -1.14.